The van der Waals surface area contributed by atoms with Gasteiger partial charge >= 0.3 is 0 Å². The van der Waals surface area contributed by atoms with E-state index in [-0.39, 0.29) is 24.9 Å². The van der Waals surface area contributed by atoms with Crippen molar-refractivity contribution in [1.29, 1.82) is 0 Å². The van der Waals surface area contributed by atoms with Crippen molar-refractivity contribution in [2.75, 3.05) is 23.4 Å². The maximum atomic E-state index is 13.4. The number of hydrazine groups is 1. The van der Waals surface area contributed by atoms with Gasteiger partial charge in [0.05, 0.1) is 18.4 Å². The van der Waals surface area contributed by atoms with Gasteiger partial charge in [-0.3, -0.25) is 5.43 Å². The molecule has 0 aromatic carbocycles. The van der Waals surface area contributed by atoms with Gasteiger partial charge in [-0.2, -0.15) is 4.98 Å². The van der Waals surface area contributed by atoms with E-state index < -0.39 is 18.0 Å². The summed E-state index contributed by atoms with van der Waals surface area (Å²) < 4.78 is 13.4. The number of hydrogen-bond donors (Lipinski definition) is 4. The van der Waals surface area contributed by atoms with Gasteiger partial charge < -0.3 is 15.1 Å². The molecule has 1 saturated heterocycles. The molecule has 8 heteroatoms. The van der Waals surface area contributed by atoms with Gasteiger partial charge in [-0.25, -0.2) is 15.2 Å². The molecule has 7 nitrogen and oxygen atoms in total. The van der Waals surface area contributed by atoms with Crippen LogP contribution in [0.5, 0.6) is 0 Å². The first-order valence-corrected chi connectivity index (χ1v) is 4.72. The lowest BCUT2D eigenvalue weighted by atomic mass is 10.3. The summed E-state index contributed by atoms with van der Waals surface area (Å²) in [6, 6.07) is 0. The highest BCUT2D eigenvalue weighted by molar-refractivity contribution is 5.45. The minimum atomic E-state index is -0.899. The second-order valence-electron chi connectivity index (χ2n) is 3.55. The molecule has 2 atom stereocenters. The van der Waals surface area contributed by atoms with Crippen LogP contribution in [0.1, 0.15) is 0 Å². The minimum absolute atomic E-state index is 0.0125. The maximum absolute atomic E-state index is 13.4. The van der Waals surface area contributed by atoms with Crippen LogP contribution in [0.3, 0.4) is 0 Å². The van der Waals surface area contributed by atoms with Crippen LogP contribution in [0.2, 0.25) is 0 Å². The van der Waals surface area contributed by atoms with Gasteiger partial charge in [0.15, 0.2) is 11.6 Å². The van der Waals surface area contributed by atoms with Gasteiger partial charge in [0.25, 0.3) is 0 Å². The normalized spacial score (nSPS) is 24.9. The van der Waals surface area contributed by atoms with Crippen LogP contribution in [-0.2, 0) is 0 Å². The van der Waals surface area contributed by atoms with E-state index in [0.29, 0.717) is 0 Å². The van der Waals surface area contributed by atoms with Crippen LogP contribution in [0.4, 0.5) is 16.2 Å². The molecular formula is C8H12FN5O2. The number of halogens is 1. The molecule has 16 heavy (non-hydrogen) atoms. The van der Waals surface area contributed by atoms with Crippen molar-refractivity contribution in [3.63, 3.8) is 0 Å². The molecule has 2 rings (SSSR count). The van der Waals surface area contributed by atoms with Gasteiger partial charge in [0.2, 0.25) is 5.95 Å². The Bertz CT molecular complexity index is 381. The zero-order valence-corrected chi connectivity index (χ0v) is 8.34. The number of nitrogens with zero attached hydrogens (tertiary/aromatic N) is 3. The Hall–Kier alpha value is -1.51. The molecular weight excluding hydrogens is 217 g/mol. The second kappa shape index (κ2) is 4.16. The Labute approximate surface area is 90.7 Å². The molecule has 0 saturated carbocycles. The molecule has 2 heterocycles. The molecule has 0 radical (unpaired) electrons. The van der Waals surface area contributed by atoms with Crippen LogP contribution < -0.4 is 16.2 Å². The van der Waals surface area contributed by atoms with Crippen LogP contribution in [0.15, 0.2) is 6.20 Å². The monoisotopic (exact) mass is 229 g/mol. The summed E-state index contributed by atoms with van der Waals surface area (Å²) in [6.45, 7) is 0.248. The van der Waals surface area contributed by atoms with Crippen LogP contribution in [-0.4, -0.2) is 45.5 Å². The number of rotatable bonds is 2. The average Bonchev–Trinajstić information content (AvgIpc) is 2.60. The molecule has 5 N–H and O–H groups in total. The van der Waals surface area contributed by atoms with E-state index in [1.54, 1.807) is 0 Å². The number of nitrogens with one attached hydrogen (secondary N) is 1. The average molecular weight is 229 g/mol. The van der Waals surface area contributed by atoms with Crippen LogP contribution >= 0.6 is 0 Å². The molecule has 0 amide bonds. The molecule has 1 aromatic heterocycles. The topological polar surface area (TPSA) is 108 Å². The van der Waals surface area contributed by atoms with E-state index in [0.717, 1.165) is 6.20 Å². The zero-order chi connectivity index (χ0) is 11.7. The van der Waals surface area contributed by atoms with Crippen LogP contribution in [0.25, 0.3) is 0 Å². The van der Waals surface area contributed by atoms with Crippen molar-refractivity contribution in [1.82, 2.24) is 9.97 Å². The molecule has 0 aliphatic carbocycles. The van der Waals surface area contributed by atoms with Gasteiger partial charge in [-0.05, 0) is 0 Å². The van der Waals surface area contributed by atoms with Crippen LogP contribution in [0, 0.1) is 5.82 Å². The second-order valence-corrected chi connectivity index (χ2v) is 3.55. The van der Waals surface area contributed by atoms with E-state index in [1.807, 2.05) is 0 Å². The third-order valence-electron chi connectivity index (χ3n) is 2.41. The Morgan fingerprint density at radius 2 is 2.06 bits per heavy atom. The van der Waals surface area contributed by atoms with Crippen molar-refractivity contribution in [3.8, 4) is 0 Å². The highest BCUT2D eigenvalue weighted by atomic mass is 19.1. The fraction of sp³-hybridized carbons (Fsp3) is 0.500. The fourth-order valence-corrected chi connectivity index (χ4v) is 1.59. The summed E-state index contributed by atoms with van der Waals surface area (Å²) >= 11 is 0. The Kier molecular flexibility index (Phi) is 2.86. The smallest absolute Gasteiger partial charge is 0.239 e. The zero-order valence-electron chi connectivity index (χ0n) is 8.34. The number of hydrogen-bond acceptors (Lipinski definition) is 7. The molecule has 1 aliphatic rings. The summed E-state index contributed by atoms with van der Waals surface area (Å²) in [5.41, 5.74) is 2.20. The molecule has 88 valence electrons. The van der Waals surface area contributed by atoms with E-state index >= 15 is 0 Å². The van der Waals surface area contributed by atoms with Crippen molar-refractivity contribution >= 4 is 11.8 Å². The quantitative estimate of drug-likeness (QED) is 0.359. The summed E-state index contributed by atoms with van der Waals surface area (Å²) in [5.74, 6) is 4.57. The van der Waals surface area contributed by atoms with Crippen molar-refractivity contribution in [2.45, 2.75) is 12.2 Å². The predicted molar refractivity (Wildman–Crippen MR) is 54.0 cm³/mol. The summed E-state index contributed by atoms with van der Waals surface area (Å²) in [7, 11) is 0. The number of aromatic nitrogens is 2. The third kappa shape index (κ3) is 1.90. The van der Waals surface area contributed by atoms with E-state index in [1.165, 1.54) is 4.90 Å². The lowest BCUT2D eigenvalue weighted by Crippen LogP contribution is -2.24. The summed E-state index contributed by atoms with van der Waals surface area (Å²) in [4.78, 5) is 8.85. The predicted octanol–water partition coefficient (Wildman–Crippen LogP) is -1.56. The highest BCUT2D eigenvalue weighted by Crippen LogP contribution is 2.22. The summed E-state index contributed by atoms with van der Waals surface area (Å²) in [5, 5.41) is 18.7. The fourth-order valence-electron chi connectivity index (χ4n) is 1.59. The first-order valence-electron chi connectivity index (χ1n) is 4.72. The summed E-state index contributed by atoms with van der Waals surface area (Å²) in [6.07, 6.45) is -0.818. The largest absolute Gasteiger partial charge is 0.389 e. The van der Waals surface area contributed by atoms with Crippen molar-refractivity contribution < 1.29 is 14.6 Å². The lowest BCUT2D eigenvalue weighted by molar-refractivity contribution is 0.0572. The Morgan fingerprint density at radius 1 is 1.44 bits per heavy atom. The van der Waals surface area contributed by atoms with E-state index in [9.17, 15) is 14.6 Å². The Morgan fingerprint density at radius 3 is 2.62 bits per heavy atom. The van der Waals surface area contributed by atoms with Crippen molar-refractivity contribution in [3.05, 3.63) is 12.0 Å². The number of β-amino-alcohol motifs (C(OH)–C–C–N with tert-alkyl or cyclic N) is 2. The number of aliphatic hydroxyl groups excluding tert-OH is 2. The molecule has 1 aliphatic heterocycles. The highest BCUT2D eigenvalue weighted by Gasteiger charge is 2.31. The van der Waals surface area contributed by atoms with Gasteiger partial charge in [0, 0.05) is 13.1 Å². The molecule has 1 aromatic rings. The maximum Gasteiger partial charge on any atom is 0.239 e. The lowest BCUT2D eigenvalue weighted by Gasteiger charge is -2.17. The number of aliphatic hydroxyl groups is 2. The van der Waals surface area contributed by atoms with E-state index in [2.05, 4.69) is 15.4 Å². The first-order chi connectivity index (χ1) is 7.61. The SMILES string of the molecule is NNc1ncc(F)c(N2CC(O)C(O)C2)n1. The van der Waals surface area contributed by atoms with Gasteiger partial charge in [0.1, 0.15) is 0 Å². The number of nitrogens with two attached hydrogens (primary N) is 1. The Balaban J connectivity index is 2.26. The number of nitrogen functional groups attached to an aromatic ring is 1. The molecule has 2 unspecified atom stereocenters. The minimum Gasteiger partial charge on any atom is -0.389 e. The third-order valence-corrected chi connectivity index (χ3v) is 2.41. The number of anilines is 2. The van der Waals surface area contributed by atoms with Gasteiger partial charge in [-0.1, -0.05) is 0 Å². The molecule has 0 bridgehead atoms. The van der Waals surface area contributed by atoms with E-state index in [4.69, 9.17) is 5.84 Å². The molecule has 0 spiro atoms. The van der Waals surface area contributed by atoms with Crippen molar-refractivity contribution in [2.24, 2.45) is 5.84 Å². The standard InChI is InChI=1S/C8H12FN5O2/c9-4-1-11-8(13-10)12-7(4)14-2-5(15)6(16)3-14/h1,5-6,15-16H,2-3,10H2,(H,11,12,13). The molecule has 1 fully saturated rings. The van der Waals surface area contributed by atoms with Gasteiger partial charge in [-0.15, -0.1) is 0 Å². The first kappa shape index (κ1) is 11.0.